The molecule has 7 heteroatoms. The quantitative estimate of drug-likeness (QED) is 0.163. The standard InChI is InChI=1S/C24H26N2O5/c1-3-4-5-6-14-25-21(18-8-7-9-19(15-18)26(30)31)20(23(28)24(25)29)22(27)17-12-10-16(2)11-13-17/h7-13,15,21,27H,3-6,14H2,1-2H3/t21-/m1/s1. The van der Waals surface area contributed by atoms with Crippen LogP contribution in [-0.2, 0) is 9.59 Å². The molecule has 0 bridgehead atoms. The summed E-state index contributed by atoms with van der Waals surface area (Å²) in [5.41, 5.74) is 1.67. The number of likely N-dealkylation sites (tertiary alicyclic amines) is 1. The molecule has 31 heavy (non-hydrogen) atoms. The lowest BCUT2D eigenvalue weighted by Gasteiger charge is -2.25. The van der Waals surface area contributed by atoms with Crippen molar-refractivity contribution in [1.29, 1.82) is 0 Å². The van der Waals surface area contributed by atoms with Crippen molar-refractivity contribution in [2.24, 2.45) is 0 Å². The lowest BCUT2D eigenvalue weighted by molar-refractivity contribution is -0.384. The summed E-state index contributed by atoms with van der Waals surface area (Å²) in [5, 5.41) is 22.3. The molecule has 0 aliphatic carbocycles. The summed E-state index contributed by atoms with van der Waals surface area (Å²) >= 11 is 0. The number of nitrogens with zero attached hydrogens (tertiary/aromatic N) is 2. The van der Waals surface area contributed by atoms with E-state index in [0.29, 0.717) is 24.1 Å². The van der Waals surface area contributed by atoms with E-state index in [1.807, 2.05) is 6.92 Å². The molecule has 2 aromatic carbocycles. The van der Waals surface area contributed by atoms with E-state index < -0.39 is 22.7 Å². The fourth-order valence-corrected chi connectivity index (χ4v) is 3.84. The highest BCUT2D eigenvalue weighted by Gasteiger charge is 2.46. The minimum atomic E-state index is -0.872. The molecule has 1 heterocycles. The summed E-state index contributed by atoms with van der Waals surface area (Å²) in [6.45, 7) is 4.32. The molecule has 0 aromatic heterocycles. The molecule has 7 nitrogen and oxygen atoms in total. The maximum absolute atomic E-state index is 12.9. The zero-order chi connectivity index (χ0) is 22.5. The minimum absolute atomic E-state index is 0.0372. The van der Waals surface area contributed by atoms with E-state index >= 15 is 0 Å². The number of benzene rings is 2. The van der Waals surface area contributed by atoms with E-state index in [9.17, 15) is 24.8 Å². The molecular weight excluding hydrogens is 396 g/mol. The van der Waals surface area contributed by atoms with Gasteiger partial charge in [0.05, 0.1) is 16.5 Å². The van der Waals surface area contributed by atoms with Gasteiger partial charge >= 0.3 is 0 Å². The van der Waals surface area contributed by atoms with Crippen LogP contribution in [0.1, 0.15) is 55.3 Å². The highest BCUT2D eigenvalue weighted by Crippen LogP contribution is 2.40. The second kappa shape index (κ2) is 9.55. The van der Waals surface area contributed by atoms with Gasteiger partial charge in [0.2, 0.25) is 0 Å². The molecular formula is C24H26N2O5. The Bertz CT molecular complexity index is 1030. The van der Waals surface area contributed by atoms with Gasteiger partial charge in [0.25, 0.3) is 17.4 Å². The van der Waals surface area contributed by atoms with Gasteiger partial charge in [-0.1, -0.05) is 68.1 Å². The number of carbonyl (C=O) groups excluding carboxylic acids is 2. The Kier molecular flexibility index (Phi) is 6.84. The van der Waals surface area contributed by atoms with Gasteiger partial charge in [0.1, 0.15) is 5.76 Å². The fraction of sp³-hybridized carbons (Fsp3) is 0.333. The van der Waals surface area contributed by atoms with Gasteiger partial charge in [-0.25, -0.2) is 0 Å². The van der Waals surface area contributed by atoms with Gasteiger partial charge in [0.15, 0.2) is 0 Å². The Morgan fingerprint density at radius 3 is 2.45 bits per heavy atom. The van der Waals surface area contributed by atoms with Crippen LogP contribution in [0.25, 0.3) is 5.76 Å². The first-order valence-electron chi connectivity index (χ1n) is 10.4. The van der Waals surface area contributed by atoms with Gasteiger partial charge < -0.3 is 10.0 Å². The van der Waals surface area contributed by atoms with Crippen LogP contribution < -0.4 is 0 Å². The molecule has 3 rings (SSSR count). The van der Waals surface area contributed by atoms with Crippen LogP contribution in [0.3, 0.4) is 0 Å². The van der Waals surface area contributed by atoms with Gasteiger partial charge in [-0.3, -0.25) is 19.7 Å². The third-order valence-electron chi connectivity index (χ3n) is 5.51. The maximum Gasteiger partial charge on any atom is 0.295 e. The number of ketones is 1. The zero-order valence-corrected chi connectivity index (χ0v) is 17.7. The second-order valence-corrected chi connectivity index (χ2v) is 7.77. The summed E-state index contributed by atoms with van der Waals surface area (Å²) in [5.74, 6) is -1.74. The molecule has 1 fully saturated rings. The Morgan fingerprint density at radius 2 is 1.81 bits per heavy atom. The topological polar surface area (TPSA) is 101 Å². The van der Waals surface area contributed by atoms with Crippen LogP contribution >= 0.6 is 0 Å². The van der Waals surface area contributed by atoms with Gasteiger partial charge in [-0.2, -0.15) is 0 Å². The summed E-state index contributed by atoms with van der Waals surface area (Å²) < 4.78 is 0. The predicted molar refractivity (Wildman–Crippen MR) is 117 cm³/mol. The van der Waals surface area contributed by atoms with Gasteiger partial charge in [-0.15, -0.1) is 0 Å². The summed E-state index contributed by atoms with van der Waals surface area (Å²) in [6, 6.07) is 12.0. The number of rotatable bonds is 8. The third kappa shape index (κ3) is 4.66. The normalized spacial score (nSPS) is 17.9. The van der Waals surface area contributed by atoms with E-state index in [2.05, 4.69) is 6.92 Å². The van der Waals surface area contributed by atoms with Crippen LogP contribution in [-0.4, -0.2) is 33.2 Å². The van der Waals surface area contributed by atoms with E-state index in [4.69, 9.17) is 0 Å². The number of Topliss-reactive ketones (excluding diaryl/α,β-unsaturated/α-hetero) is 1. The van der Waals surface area contributed by atoms with Crippen LogP contribution in [0, 0.1) is 17.0 Å². The molecule has 0 radical (unpaired) electrons. The molecule has 1 amide bonds. The highest BCUT2D eigenvalue weighted by atomic mass is 16.6. The molecule has 2 aromatic rings. The summed E-state index contributed by atoms with van der Waals surface area (Å²) in [4.78, 5) is 38.0. The average Bonchev–Trinajstić information content (AvgIpc) is 3.01. The van der Waals surface area contributed by atoms with Crippen molar-refractivity contribution in [1.82, 2.24) is 4.90 Å². The number of carbonyl (C=O) groups is 2. The zero-order valence-electron chi connectivity index (χ0n) is 17.7. The second-order valence-electron chi connectivity index (χ2n) is 7.77. The van der Waals surface area contributed by atoms with Crippen LogP contribution in [0.15, 0.2) is 54.1 Å². The number of unbranched alkanes of at least 4 members (excludes halogenated alkanes) is 3. The molecule has 0 spiro atoms. The van der Waals surface area contributed by atoms with Crippen LogP contribution in [0.5, 0.6) is 0 Å². The van der Waals surface area contributed by atoms with Crippen molar-refractivity contribution in [3.63, 3.8) is 0 Å². The average molecular weight is 422 g/mol. The predicted octanol–water partition coefficient (Wildman–Crippen LogP) is 4.91. The third-order valence-corrected chi connectivity index (χ3v) is 5.51. The number of hydrogen-bond acceptors (Lipinski definition) is 5. The van der Waals surface area contributed by atoms with Crippen molar-refractivity contribution >= 4 is 23.1 Å². The highest BCUT2D eigenvalue weighted by molar-refractivity contribution is 6.46. The van der Waals surface area contributed by atoms with E-state index in [0.717, 1.165) is 24.8 Å². The number of nitro benzene ring substituents is 1. The first kappa shape index (κ1) is 22.2. The van der Waals surface area contributed by atoms with Crippen molar-refractivity contribution in [3.8, 4) is 0 Å². The van der Waals surface area contributed by atoms with E-state index in [-0.39, 0.29) is 17.0 Å². The smallest absolute Gasteiger partial charge is 0.295 e. The summed E-state index contributed by atoms with van der Waals surface area (Å²) in [6.07, 6.45) is 3.64. The Morgan fingerprint density at radius 1 is 1.10 bits per heavy atom. The van der Waals surface area contributed by atoms with Crippen molar-refractivity contribution in [3.05, 3.63) is 80.9 Å². The van der Waals surface area contributed by atoms with Gasteiger partial charge in [-0.05, 0) is 18.9 Å². The Hall–Kier alpha value is -3.48. The van der Waals surface area contributed by atoms with Crippen LogP contribution in [0.2, 0.25) is 0 Å². The van der Waals surface area contributed by atoms with Crippen molar-refractivity contribution < 1.29 is 19.6 Å². The fourth-order valence-electron chi connectivity index (χ4n) is 3.84. The van der Waals surface area contributed by atoms with Crippen LogP contribution in [0.4, 0.5) is 5.69 Å². The van der Waals surface area contributed by atoms with E-state index in [1.54, 1.807) is 30.3 Å². The molecule has 1 N–H and O–H groups in total. The number of amides is 1. The number of aliphatic hydroxyl groups excluding tert-OH is 1. The molecule has 0 unspecified atom stereocenters. The lowest BCUT2D eigenvalue weighted by Crippen LogP contribution is -2.30. The number of hydrogen-bond donors (Lipinski definition) is 1. The Labute approximate surface area is 181 Å². The monoisotopic (exact) mass is 422 g/mol. The van der Waals surface area contributed by atoms with E-state index in [1.165, 1.54) is 23.1 Å². The SMILES string of the molecule is CCCCCCN1C(=O)C(=O)C(=C(O)c2ccc(C)cc2)[C@H]1c1cccc([N+](=O)[O-])c1. The first-order valence-corrected chi connectivity index (χ1v) is 10.4. The molecule has 1 atom stereocenters. The number of non-ortho nitro benzene ring substituents is 1. The number of nitro groups is 1. The lowest BCUT2D eigenvalue weighted by atomic mass is 9.94. The molecule has 1 aliphatic rings. The Balaban J connectivity index is 2.10. The maximum atomic E-state index is 12.9. The molecule has 1 aliphatic heterocycles. The molecule has 0 saturated carbocycles. The molecule has 162 valence electrons. The van der Waals surface area contributed by atoms with Crippen molar-refractivity contribution in [2.75, 3.05) is 6.54 Å². The molecule has 1 saturated heterocycles. The largest absolute Gasteiger partial charge is 0.507 e. The number of aliphatic hydroxyl groups is 1. The minimum Gasteiger partial charge on any atom is -0.507 e. The van der Waals surface area contributed by atoms with Gasteiger partial charge in [0, 0.05) is 24.2 Å². The van der Waals surface area contributed by atoms with Crippen molar-refractivity contribution in [2.45, 2.75) is 45.6 Å². The number of aryl methyl sites for hydroxylation is 1. The first-order chi connectivity index (χ1) is 14.8. The summed E-state index contributed by atoms with van der Waals surface area (Å²) in [7, 11) is 0.